The van der Waals surface area contributed by atoms with Crippen molar-refractivity contribution in [3.05, 3.63) is 23.8 Å². The summed E-state index contributed by atoms with van der Waals surface area (Å²) in [5, 5.41) is 8.85. The minimum absolute atomic E-state index is 0.186. The summed E-state index contributed by atoms with van der Waals surface area (Å²) in [6.07, 6.45) is -0.780. The van der Waals surface area contributed by atoms with E-state index in [1.807, 2.05) is 0 Å². The topological polar surface area (TPSA) is 92.7 Å². The number of carbonyl (C=O) groups is 1. The maximum Gasteiger partial charge on any atom is 0.307 e. The molecule has 0 spiro atoms. The Balaban J connectivity index is 2.21. The van der Waals surface area contributed by atoms with Gasteiger partial charge in [-0.1, -0.05) is 6.92 Å². The number of sulfonamides is 1. The normalized spacial score (nSPS) is 22.6. The highest BCUT2D eigenvalue weighted by molar-refractivity contribution is 7.89. The fraction of sp³-hybridized carbons (Fsp3) is 0.500. The number of aliphatic carboxylic acids is 1. The number of hydrogen-bond donors (Lipinski definition) is 2. The second kappa shape index (κ2) is 5.72. The summed E-state index contributed by atoms with van der Waals surface area (Å²) in [7, 11) is -2.68. The van der Waals surface area contributed by atoms with E-state index in [-0.39, 0.29) is 29.2 Å². The molecular weight excluding hydrogens is 332 g/mol. The monoisotopic (exact) mass is 349 g/mol. The third-order valence-electron chi connectivity index (χ3n) is 3.93. The molecule has 1 aliphatic carbocycles. The number of benzene rings is 1. The molecule has 6 nitrogen and oxygen atoms in total. The van der Waals surface area contributed by atoms with Crippen molar-refractivity contribution < 1.29 is 31.8 Å². The molecule has 23 heavy (non-hydrogen) atoms. The molecule has 0 aromatic heterocycles. The van der Waals surface area contributed by atoms with E-state index in [1.54, 1.807) is 0 Å². The van der Waals surface area contributed by atoms with Crippen LogP contribution in [0.2, 0.25) is 0 Å². The average Bonchev–Trinajstić information content (AvgIpc) is 2.95. The number of halogens is 2. The van der Waals surface area contributed by atoms with E-state index in [4.69, 9.17) is 9.84 Å². The van der Waals surface area contributed by atoms with Gasteiger partial charge in [-0.3, -0.25) is 4.79 Å². The number of hydrogen-bond acceptors (Lipinski definition) is 4. The molecule has 0 heterocycles. The van der Waals surface area contributed by atoms with E-state index in [2.05, 4.69) is 4.72 Å². The van der Waals surface area contributed by atoms with Gasteiger partial charge >= 0.3 is 5.97 Å². The van der Waals surface area contributed by atoms with Crippen LogP contribution in [-0.4, -0.2) is 39.1 Å². The van der Waals surface area contributed by atoms with Crippen LogP contribution in [0, 0.1) is 5.41 Å². The molecule has 0 radical (unpaired) electrons. The minimum atomic E-state index is -4.02. The molecular formula is C14H17F2NO5S. The van der Waals surface area contributed by atoms with Crippen molar-refractivity contribution in [2.75, 3.05) is 13.7 Å². The first-order valence-corrected chi connectivity index (χ1v) is 8.25. The molecule has 0 aliphatic heterocycles. The fourth-order valence-corrected chi connectivity index (χ4v) is 3.42. The van der Waals surface area contributed by atoms with Crippen LogP contribution in [0.3, 0.4) is 0 Å². The van der Waals surface area contributed by atoms with E-state index in [0.717, 1.165) is 0 Å². The molecule has 9 heteroatoms. The number of alkyl halides is 2. The molecule has 2 rings (SSSR count). The molecule has 2 N–H and O–H groups in total. The van der Waals surface area contributed by atoms with Crippen LogP contribution in [0.1, 0.15) is 18.9 Å². The Morgan fingerprint density at radius 2 is 2.04 bits per heavy atom. The lowest BCUT2D eigenvalue weighted by atomic mass is 10.1. The van der Waals surface area contributed by atoms with Crippen LogP contribution >= 0.6 is 0 Å². The maximum absolute atomic E-state index is 13.1. The van der Waals surface area contributed by atoms with E-state index >= 15 is 0 Å². The number of carboxylic acids is 1. The molecule has 0 amide bonds. The Kier molecular flexibility index (Phi) is 4.38. The first-order chi connectivity index (χ1) is 10.5. The van der Waals surface area contributed by atoms with Crippen LogP contribution in [0.5, 0.6) is 5.75 Å². The number of ether oxygens (including phenoxy) is 1. The number of rotatable bonds is 7. The van der Waals surface area contributed by atoms with Crippen molar-refractivity contribution in [3.8, 4) is 5.75 Å². The third-order valence-corrected chi connectivity index (χ3v) is 5.33. The summed E-state index contributed by atoms with van der Waals surface area (Å²) in [6, 6.07) is 3.74. The highest BCUT2D eigenvalue weighted by Gasteiger charge is 2.67. The molecule has 0 bridgehead atoms. The lowest BCUT2D eigenvalue weighted by molar-refractivity contribution is -0.136. The summed E-state index contributed by atoms with van der Waals surface area (Å²) in [4.78, 5) is 10.6. The maximum atomic E-state index is 13.1. The van der Waals surface area contributed by atoms with Crippen molar-refractivity contribution in [2.45, 2.75) is 30.6 Å². The Morgan fingerprint density at radius 1 is 1.43 bits per heavy atom. The molecule has 1 aromatic carbocycles. The molecule has 1 aliphatic rings. The van der Waals surface area contributed by atoms with Gasteiger partial charge in [0, 0.05) is 18.5 Å². The summed E-state index contributed by atoms with van der Waals surface area (Å²) in [6.45, 7) is 0.919. The molecule has 1 unspecified atom stereocenters. The quantitative estimate of drug-likeness (QED) is 0.781. The van der Waals surface area contributed by atoms with Crippen LogP contribution in [0.15, 0.2) is 23.1 Å². The van der Waals surface area contributed by atoms with Crippen LogP contribution in [-0.2, 0) is 21.2 Å². The van der Waals surface area contributed by atoms with Gasteiger partial charge in [0.2, 0.25) is 10.0 Å². The van der Waals surface area contributed by atoms with Crippen LogP contribution in [0.4, 0.5) is 8.78 Å². The Morgan fingerprint density at radius 3 is 2.52 bits per heavy atom. The standard InChI is InChI=1S/C14H17F2NO5S/c1-13(7-14(13,15)16)8-17-23(20,21)10-3-4-11(22-2)9(5-10)6-12(18)19/h3-5,17H,6-8H2,1-2H3,(H,18,19). The molecule has 1 saturated carbocycles. The van der Waals surface area contributed by atoms with Crippen LogP contribution in [0.25, 0.3) is 0 Å². The summed E-state index contributed by atoms with van der Waals surface area (Å²) >= 11 is 0. The first-order valence-electron chi connectivity index (χ1n) is 6.77. The highest BCUT2D eigenvalue weighted by atomic mass is 32.2. The predicted octanol–water partition coefficient (Wildman–Crippen LogP) is 1.65. The smallest absolute Gasteiger partial charge is 0.307 e. The van der Waals surface area contributed by atoms with E-state index < -0.39 is 33.8 Å². The van der Waals surface area contributed by atoms with Gasteiger partial charge in [-0.15, -0.1) is 0 Å². The second-order valence-electron chi connectivity index (χ2n) is 5.81. The van der Waals surface area contributed by atoms with Gasteiger partial charge in [0.15, 0.2) is 0 Å². The van der Waals surface area contributed by atoms with E-state index in [0.29, 0.717) is 0 Å². The Labute approximate surface area is 132 Å². The molecule has 1 fully saturated rings. The van der Waals surface area contributed by atoms with Gasteiger partial charge in [-0.25, -0.2) is 21.9 Å². The Hall–Kier alpha value is -1.74. The van der Waals surface area contributed by atoms with E-state index in [1.165, 1.54) is 32.2 Å². The predicted molar refractivity (Wildman–Crippen MR) is 77.2 cm³/mol. The van der Waals surface area contributed by atoms with Crippen molar-refractivity contribution in [3.63, 3.8) is 0 Å². The zero-order valence-electron chi connectivity index (χ0n) is 12.6. The molecule has 1 aromatic rings. The summed E-state index contributed by atoms with van der Waals surface area (Å²) < 4.78 is 57.9. The van der Waals surface area contributed by atoms with Gasteiger partial charge < -0.3 is 9.84 Å². The molecule has 1 atom stereocenters. The van der Waals surface area contributed by atoms with Crippen molar-refractivity contribution in [1.29, 1.82) is 0 Å². The van der Waals surface area contributed by atoms with Gasteiger partial charge in [0.05, 0.1) is 23.8 Å². The van der Waals surface area contributed by atoms with Gasteiger partial charge in [-0.2, -0.15) is 0 Å². The van der Waals surface area contributed by atoms with E-state index in [9.17, 15) is 22.0 Å². The zero-order valence-corrected chi connectivity index (χ0v) is 13.4. The van der Waals surface area contributed by atoms with Crippen molar-refractivity contribution >= 4 is 16.0 Å². The summed E-state index contributed by atoms with van der Waals surface area (Å²) in [5.74, 6) is -3.77. The van der Waals surface area contributed by atoms with Gasteiger partial charge in [0.1, 0.15) is 5.75 Å². The zero-order chi connectivity index (χ0) is 17.5. The lowest BCUT2D eigenvalue weighted by Crippen LogP contribution is -2.31. The van der Waals surface area contributed by atoms with Gasteiger partial charge in [-0.05, 0) is 18.2 Å². The summed E-state index contributed by atoms with van der Waals surface area (Å²) in [5.41, 5.74) is -1.19. The second-order valence-corrected chi connectivity index (χ2v) is 7.58. The molecule has 128 valence electrons. The number of methoxy groups -OCH3 is 1. The first kappa shape index (κ1) is 17.6. The number of carboxylic acid groups (broad SMARTS) is 1. The van der Waals surface area contributed by atoms with Gasteiger partial charge in [0.25, 0.3) is 5.92 Å². The Bertz CT molecular complexity index is 735. The molecule has 0 saturated heterocycles. The highest BCUT2D eigenvalue weighted by Crippen LogP contribution is 2.59. The van der Waals surface area contributed by atoms with Crippen molar-refractivity contribution in [2.24, 2.45) is 5.41 Å². The minimum Gasteiger partial charge on any atom is -0.496 e. The lowest BCUT2D eigenvalue weighted by Gasteiger charge is -2.13. The van der Waals surface area contributed by atoms with Crippen LogP contribution < -0.4 is 9.46 Å². The SMILES string of the molecule is COc1ccc(S(=O)(=O)NCC2(C)CC2(F)F)cc1CC(=O)O. The number of nitrogens with one attached hydrogen (secondary N) is 1. The van der Waals surface area contributed by atoms with Crippen molar-refractivity contribution in [1.82, 2.24) is 4.72 Å². The fourth-order valence-electron chi connectivity index (χ4n) is 2.20. The average molecular weight is 349 g/mol. The largest absolute Gasteiger partial charge is 0.496 e. The third kappa shape index (κ3) is 3.61.